The number of pyridine rings is 1. The summed E-state index contributed by atoms with van der Waals surface area (Å²) in [5.74, 6) is 1.17. The molecule has 8 heteroatoms. The van der Waals surface area contributed by atoms with Gasteiger partial charge in [0.15, 0.2) is 0 Å². The van der Waals surface area contributed by atoms with Gasteiger partial charge < -0.3 is 10.6 Å². The summed E-state index contributed by atoms with van der Waals surface area (Å²) in [6.45, 7) is 2.40. The number of carbonyl (C=O) groups is 2. The maximum Gasteiger partial charge on any atom is 0.253 e. The van der Waals surface area contributed by atoms with Crippen LogP contribution in [0, 0.1) is 6.92 Å². The van der Waals surface area contributed by atoms with Crippen molar-refractivity contribution >= 4 is 11.8 Å². The van der Waals surface area contributed by atoms with Gasteiger partial charge in [0.25, 0.3) is 5.91 Å². The second kappa shape index (κ2) is 6.55. The van der Waals surface area contributed by atoms with Crippen LogP contribution >= 0.6 is 0 Å². The number of amides is 2. The van der Waals surface area contributed by atoms with E-state index in [-0.39, 0.29) is 24.4 Å². The number of carbonyl (C=O) groups excluding carboxylic acids is 2. The molecule has 0 saturated carbocycles. The summed E-state index contributed by atoms with van der Waals surface area (Å²) >= 11 is 0. The van der Waals surface area contributed by atoms with Crippen molar-refractivity contribution in [3.05, 3.63) is 41.7 Å². The van der Waals surface area contributed by atoms with Gasteiger partial charge in [0, 0.05) is 24.9 Å². The van der Waals surface area contributed by atoms with Crippen LogP contribution in [0.3, 0.4) is 0 Å². The van der Waals surface area contributed by atoms with E-state index in [1.165, 1.54) is 6.20 Å². The minimum Gasteiger partial charge on any atom is -0.350 e. The fraction of sp³-hybridized carbons (Fsp3) is 0.400. The van der Waals surface area contributed by atoms with E-state index in [1.54, 1.807) is 18.3 Å². The number of rotatable bonds is 4. The van der Waals surface area contributed by atoms with E-state index in [0.29, 0.717) is 12.1 Å². The van der Waals surface area contributed by atoms with E-state index in [2.05, 4.69) is 25.7 Å². The lowest BCUT2D eigenvalue weighted by atomic mass is 10.1. The number of hydrogen-bond acceptors (Lipinski definition) is 5. The molecule has 3 heterocycles. The molecule has 0 radical (unpaired) electrons. The summed E-state index contributed by atoms with van der Waals surface area (Å²) in [5, 5.41) is 9.80. The predicted molar refractivity (Wildman–Crippen MR) is 81.6 cm³/mol. The fourth-order valence-corrected chi connectivity index (χ4v) is 2.59. The molecule has 3 rings (SSSR count). The van der Waals surface area contributed by atoms with Gasteiger partial charge in [-0.2, -0.15) is 5.10 Å². The Balaban J connectivity index is 1.48. The van der Waals surface area contributed by atoms with Crippen molar-refractivity contribution in [1.29, 1.82) is 0 Å². The molecule has 1 aliphatic heterocycles. The predicted octanol–water partition coefficient (Wildman–Crippen LogP) is -0.157. The first-order valence-electron chi connectivity index (χ1n) is 7.50. The molecule has 0 fully saturated rings. The normalized spacial score (nSPS) is 16.5. The van der Waals surface area contributed by atoms with Crippen LogP contribution in [0.25, 0.3) is 0 Å². The van der Waals surface area contributed by atoms with Crippen LogP contribution in [-0.2, 0) is 17.8 Å². The zero-order valence-corrected chi connectivity index (χ0v) is 12.8. The highest BCUT2D eigenvalue weighted by molar-refractivity contribution is 5.96. The van der Waals surface area contributed by atoms with Gasteiger partial charge in [-0.1, -0.05) is 0 Å². The van der Waals surface area contributed by atoms with Crippen molar-refractivity contribution in [2.45, 2.75) is 32.4 Å². The molecular formula is C15H18N6O2. The summed E-state index contributed by atoms with van der Waals surface area (Å²) < 4.78 is 1.83. The summed E-state index contributed by atoms with van der Waals surface area (Å²) in [4.78, 5) is 32.0. The van der Waals surface area contributed by atoms with Crippen molar-refractivity contribution in [2.75, 3.05) is 6.54 Å². The third-order valence-corrected chi connectivity index (χ3v) is 3.66. The number of aryl methyl sites for hydroxylation is 2. The van der Waals surface area contributed by atoms with Gasteiger partial charge in [-0.3, -0.25) is 14.6 Å². The van der Waals surface area contributed by atoms with Gasteiger partial charge in [0.1, 0.15) is 11.6 Å². The molecule has 0 spiro atoms. The lowest BCUT2D eigenvalue weighted by Crippen LogP contribution is -2.45. The van der Waals surface area contributed by atoms with E-state index < -0.39 is 0 Å². The largest absolute Gasteiger partial charge is 0.350 e. The highest BCUT2D eigenvalue weighted by atomic mass is 16.2. The van der Waals surface area contributed by atoms with Crippen LogP contribution in [0.4, 0.5) is 0 Å². The fourth-order valence-electron chi connectivity index (χ4n) is 2.59. The molecule has 0 bridgehead atoms. The molecule has 23 heavy (non-hydrogen) atoms. The molecule has 1 unspecified atom stereocenters. The quantitative estimate of drug-likeness (QED) is 0.816. The maximum absolute atomic E-state index is 12.0. The second-order valence-electron chi connectivity index (χ2n) is 5.48. The molecule has 2 N–H and O–H groups in total. The number of aromatic nitrogens is 4. The van der Waals surface area contributed by atoms with Crippen LogP contribution in [0.15, 0.2) is 24.5 Å². The average molecular weight is 314 g/mol. The van der Waals surface area contributed by atoms with Gasteiger partial charge in [-0.05, 0) is 25.5 Å². The lowest BCUT2D eigenvalue weighted by Gasteiger charge is -2.23. The van der Waals surface area contributed by atoms with Crippen molar-refractivity contribution in [3.63, 3.8) is 0 Å². The molecule has 2 amide bonds. The SMILES string of the molecule is Cc1nc2n(n1)CC(NC(=O)CNC(=O)c1cccnc1)CC2. The van der Waals surface area contributed by atoms with Crippen molar-refractivity contribution < 1.29 is 9.59 Å². The van der Waals surface area contributed by atoms with E-state index in [0.717, 1.165) is 24.5 Å². The van der Waals surface area contributed by atoms with Gasteiger partial charge in [0.2, 0.25) is 5.91 Å². The third kappa shape index (κ3) is 3.71. The third-order valence-electron chi connectivity index (χ3n) is 3.66. The Kier molecular flexibility index (Phi) is 4.31. The summed E-state index contributed by atoms with van der Waals surface area (Å²) in [7, 11) is 0. The topological polar surface area (TPSA) is 102 Å². The van der Waals surface area contributed by atoms with E-state index in [1.807, 2.05) is 11.6 Å². The Hall–Kier alpha value is -2.77. The minimum absolute atomic E-state index is 0.00592. The highest BCUT2D eigenvalue weighted by Crippen LogP contribution is 2.12. The maximum atomic E-state index is 12.0. The van der Waals surface area contributed by atoms with Gasteiger partial charge in [-0.25, -0.2) is 9.67 Å². The zero-order chi connectivity index (χ0) is 16.2. The molecule has 1 aliphatic rings. The molecule has 0 aliphatic carbocycles. The lowest BCUT2D eigenvalue weighted by molar-refractivity contribution is -0.121. The Morgan fingerprint density at radius 2 is 2.30 bits per heavy atom. The van der Waals surface area contributed by atoms with Crippen molar-refractivity contribution in [2.24, 2.45) is 0 Å². The van der Waals surface area contributed by atoms with Crippen LogP contribution in [0.2, 0.25) is 0 Å². The van der Waals surface area contributed by atoms with E-state index >= 15 is 0 Å². The summed E-state index contributed by atoms with van der Waals surface area (Å²) in [5.41, 5.74) is 0.431. The zero-order valence-electron chi connectivity index (χ0n) is 12.8. The Morgan fingerprint density at radius 3 is 3.09 bits per heavy atom. The number of nitrogens with zero attached hydrogens (tertiary/aromatic N) is 4. The van der Waals surface area contributed by atoms with Gasteiger partial charge in [-0.15, -0.1) is 0 Å². The number of nitrogens with one attached hydrogen (secondary N) is 2. The molecule has 0 saturated heterocycles. The van der Waals surface area contributed by atoms with Gasteiger partial charge in [0.05, 0.1) is 18.7 Å². The Morgan fingerprint density at radius 1 is 1.43 bits per heavy atom. The number of fused-ring (bicyclic) bond motifs is 1. The molecule has 2 aromatic rings. The monoisotopic (exact) mass is 314 g/mol. The molecule has 2 aromatic heterocycles. The standard InChI is InChI=1S/C15H18N6O2/c1-10-18-13-5-4-12(9-21(13)20-10)19-14(22)8-17-15(23)11-3-2-6-16-7-11/h2-3,6-7,12H,4-5,8-9H2,1H3,(H,17,23)(H,19,22). The average Bonchev–Trinajstić information content (AvgIpc) is 2.92. The molecular weight excluding hydrogens is 296 g/mol. The summed E-state index contributed by atoms with van der Waals surface area (Å²) in [6, 6.07) is 3.33. The molecule has 0 aromatic carbocycles. The first-order chi connectivity index (χ1) is 11.1. The van der Waals surface area contributed by atoms with Crippen LogP contribution in [0.5, 0.6) is 0 Å². The first kappa shape index (κ1) is 15.1. The molecule has 8 nitrogen and oxygen atoms in total. The second-order valence-corrected chi connectivity index (χ2v) is 5.48. The van der Waals surface area contributed by atoms with Crippen LogP contribution in [-0.4, -0.2) is 44.1 Å². The van der Waals surface area contributed by atoms with E-state index in [9.17, 15) is 9.59 Å². The van der Waals surface area contributed by atoms with Crippen LogP contribution in [0.1, 0.15) is 28.4 Å². The van der Waals surface area contributed by atoms with Crippen molar-refractivity contribution in [3.8, 4) is 0 Å². The van der Waals surface area contributed by atoms with Crippen molar-refractivity contribution in [1.82, 2.24) is 30.4 Å². The molecule has 1 atom stereocenters. The Bertz CT molecular complexity index is 712. The highest BCUT2D eigenvalue weighted by Gasteiger charge is 2.22. The molecule has 120 valence electrons. The Labute approximate surface area is 133 Å². The van der Waals surface area contributed by atoms with Crippen LogP contribution < -0.4 is 10.6 Å². The smallest absolute Gasteiger partial charge is 0.253 e. The number of hydrogen-bond donors (Lipinski definition) is 2. The van der Waals surface area contributed by atoms with E-state index in [4.69, 9.17) is 0 Å². The minimum atomic E-state index is -0.314. The summed E-state index contributed by atoms with van der Waals surface area (Å²) in [6.07, 6.45) is 4.66. The van der Waals surface area contributed by atoms with Gasteiger partial charge >= 0.3 is 0 Å². The first-order valence-corrected chi connectivity index (χ1v) is 7.50.